The average Bonchev–Trinajstić information content (AvgIpc) is 1.84. The van der Waals surface area contributed by atoms with E-state index in [4.69, 9.17) is 10.2 Å². The molecule has 0 atom stereocenters. The lowest BCUT2D eigenvalue weighted by Crippen LogP contribution is -1.79. The van der Waals surface area contributed by atoms with Crippen molar-refractivity contribution in [3.63, 3.8) is 0 Å². The normalized spacial score (nSPS) is 9.80. The predicted molar refractivity (Wildman–Crippen MR) is 34.5 cm³/mol. The van der Waals surface area contributed by atoms with Crippen LogP contribution < -0.4 is 0 Å². The third-order valence-electron chi connectivity index (χ3n) is 1.27. The Morgan fingerprint density at radius 3 is 2.30 bits per heavy atom. The second-order valence-electron chi connectivity index (χ2n) is 2.09. The smallest absolute Gasteiger partial charge is 0.165 e. The fourth-order valence-electron chi connectivity index (χ4n) is 0.650. The van der Waals surface area contributed by atoms with E-state index in [2.05, 4.69) is 0 Å². The molecule has 0 aliphatic rings. The average molecular weight is 142 g/mol. The number of hydrogen-bond acceptors (Lipinski definition) is 2. The van der Waals surface area contributed by atoms with Crippen LogP contribution in [0.15, 0.2) is 12.1 Å². The van der Waals surface area contributed by atoms with Gasteiger partial charge in [-0.25, -0.2) is 4.39 Å². The zero-order valence-electron chi connectivity index (χ0n) is 5.43. The number of phenols is 2. The molecule has 0 bridgehead atoms. The van der Waals surface area contributed by atoms with Crippen molar-refractivity contribution in [2.24, 2.45) is 0 Å². The molecule has 0 spiro atoms. The van der Waals surface area contributed by atoms with Crippen molar-refractivity contribution < 1.29 is 14.6 Å². The molecule has 2 nitrogen and oxygen atoms in total. The maximum atomic E-state index is 12.4. The van der Waals surface area contributed by atoms with Crippen LogP contribution >= 0.6 is 0 Å². The fourth-order valence-corrected chi connectivity index (χ4v) is 0.650. The van der Waals surface area contributed by atoms with Gasteiger partial charge in [0.15, 0.2) is 11.6 Å². The van der Waals surface area contributed by atoms with Crippen molar-refractivity contribution in [2.45, 2.75) is 6.92 Å². The minimum atomic E-state index is -0.713. The third-order valence-corrected chi connectivity index (χ3v) is 1.27. The fraction of sp³-hybridized carbons (Fsp3) is 0.143. The molecule has 0 amide bonds. The zero-order valence-corrected chi connectivity index (χ0v) is 5.43. The van der Waals surface area contributed by atoms with Crippen LogP contribution in [0, 0.1) is 12.7 Å². The first-order chi connectivity index (χ1) is 4.61. The summed E-state index contributed by atoms with van der Waals surface area (Å²) in [5.74, 6) is -1.34. The number of aryl methyl sites for hydroxylation is 1. The van der Waals surface area contributed by atoms with Crippen LogP contribution in [0.3, 0.4) is 0 Å². The van der Waals surface area contributed by atoms with Crippen molar-refractivity contribution in [1.29, 1.82) is 0 Å². The largest absolute Gasteiger partial charge is 0.508 e. The standard InChI is InChI=1S/C7H7FO2/c1-4-2-5(8)7(10)3-6(4)9/h2-3,9-10H,1H3. The van der Waals surface area contributed by atoms with Gasteiger partial charge in [0.05, 0.1) is 0 Å². The predicted octanol–water partition coefficient (Wildman–Crippen LogP) is 1.55. The van der Waals surface area contributed by atoms with Crippen LogP contribution in [0.1, 0.15) is 5.56 Å². The van der Waals surface area contributed by atoms with Crippen LogP contribution in [0.2, 0.25) is 0 Å². The van der Waals surface area contributed by atoms with E-state index in [0.29, 0.717) is 5.56 Å². The minimum absolute atomic E-state index is 0.0982. The molecule has 3 heteroatoms. The van der Waals surface area contributed by atoms with Crippen LogP contribution in [-0.2, 0) is 0 Å². The molecular formula is C7H7FO2. The Morgan fingerprint density at radius 1 is 1.20 bits per heavy atom. The van der Waals surface area contributed by atoms with Gasteiger partial charge in [0, 0.05) is 6.07 Å². The maximum absolute atomic E-state index is 12.4. The van der Waals surface area contributed by atoms with Crippen molar-refractivity contribution >= 4 is 0 Å². The lowest BCUT2D eigenvalue weighted by molar-refractivity contribution is 0.417. The molecule has 0 fully saturated rings. The lowest BCUT2D eigenvalue weighted by atomic mass is 10.2. The summed E-state index contributed by atoms with van der Waals surface area (Å²) in [7, 11) is 0. The van der Waals surface area contributed by atoms with Gasteiger partial charge in [-0.2, -0.15) is 0 Å². The van der Waals surface area contributed by atoms with Gasteiger partial charge in [-0.05, 0) is 18.6 Å². The summed E-state index contributed by atoms with van der Waals surface area (Å²) >= 11 is 0. The van der Waals surface area contributed by atoms with Crippen LogP contribution in [0.4, 0.5) is 4.39 Å². The summed E-state index contributed by atoms with van der Waals surface area (Å²) in [5.41, 5.74) is 0.412. The van der Waals surface area contributed by atoms with Crippen LogP contribution in [0.5, 0.6) is 11.5 Å². The summed E-state index contributed by atoms with van der Waals surface area (Å²) in [4.78, 5) is 0. The molecule has 54 valence electrons. The first-order valence-electron chi connectivity index (χ1n) is 2.79. The van der Waals surface area contributed by atoms with Crippen molar-refractivity contribution in [2.75, 3.05) is 0 Å². The molecule has 1 rings (SSSR count). The van der Waals surface area contributed by atoms with E-state index in [0.717, 1.165) is 12.1 Å². The van der Waals surface area contributed by atoms with Crippen LogP contribution in [-0.4, -0.2) is 10.2 Å². The maximum Gasteiger partial charge on any atom is 0.165 e. The molecule has 0 aliphatic carbocycles. The Labute approximate surface area is 57.6 Å². The SMILES string of the molecule is Cc1cc(F)c(O)cc1O. The number of halogens is 1. The van der Waals surface area contributed by atoms with Gasteiger partial charge < -0.3 is 10.2 Å². The van der Waals surface area contributed by atoms with E-state index in [1.54, 1.807) is 6.92 Å². The van der Waals surface area contributed by atoms with Gasteiger partial charge in [0.2, 0.25) is 0 Å². The van der Waals surface area contributed by atoms with E-state index in [-0.39, 0.29) is 5.75 Å². The first-order valence-corrected chi connectivity index (χ1v) is 2.79. The quantitative estimate of drug-likeness (QED) is 0.576. The summed E-state index contributed by atoms with van der Waals surface area (Å²) in [5, 5.41) is 17.6. The Balaban J connectivity index is 3.28. The lowest BCUT2D eigenvalue weighted by Gasteiger charge is -1.99. The molecule has 0 unspecified atom stereocenters. The second kappa shape index (κ2) is 2.17. The summed E-state index contributed by atoms with van der Waals surface area (Å²) < 4.78 is 12.4. The Morgan fingerprint density at radius 2 is 1.80 bits per heavy atom. The van der Waals surface area contributed by atoms with Crippen molar-refractivity contribution in [3.05, 3.63) is 23.5 Å². The molecule has 0 aromatic heterocycles. The molecule has 1 aromatic carbocycles. The molecule has 10 heavy (non-hydrogen) atoms. The summed E-state index contributed by atoms with van der Waals surface area (Å²) in [6.07, 6.45) is 0. The number of phenolic OH excluding ortho intramolecular Hbond substituents is 2. The third kappa shape index (κ3) is 1.03. The highest BCUT2D eigenvalue weighted by molar-refractivity contribution is 5.38. The van der Waals surface area contributed by atoms with E-state index in [1.807, 2.05) is 0 Å². The Bertz CT molecular complexity index is 208. The number of rotatable bonds is 0. The molecule has 0 saturated carbocycles. The highest BCUT2D eigenvalue weighted by atomic mass is 19.1. The Kier molecular flexibility index (Phi) is 1.49. The van der Waals surface area contributed by atoms with Gasteiger partial charge in [-0.3, -0.25) is 0 Å². The first kappa shape index (κ1) is 6.86. The van der Waals surface area contributed by atoms with Gasteiger partial charge in [-0.1, -0.05) is 0 Å². The van der Waals surface area contributed by atoms with Crippen molar-refractivity contribution in [1.82, 2.24) is 0 Å². The van der Waals surface area contributed by atoms with Gasteiger partial charge >= 0.3 is 0 Å². The number of aromatic hydroxyl groups is 2. The van der Waals surface area contributed by atoms with Crippen LogP contribution in [0.25, 0.3) is 0 Å². The molecule has 0 heterocycles. The number of hydrogen-bond donors (Lipinski definition) is 2. The molecule has 2 N–H and O–H groups in total. The molecule has 0 saturated heterocycles. The van der Waals surface area contributed by atoms with Gasteiger partial charge in [-0.15, -0.1) is 0 Å². The zero-order chi connectivity index (χ0) is 7.72. The summed E-state index contributed by atoms with van der Waals surface area (Å²) in [6.45, 7) is 1.55. The Hall–Kier alpha value is -1.25. The van der Waals surface area contributed by atoms with E-state index >= 15 is 0 Å². The topological polar surface area (TPSA) is 40.5 Å². The molecule has 0 aliphatic heterocycles. The van der Waals surface area contributed by atoms with Gasteiger partial charge in [0.25, 0.3) is 0 Å². The van der Waals surface area contributed by atoms with E-state index in [9.17, 15) is 4.39 Å². The highest BCUT2D eigenvalue weighted by Crippen LogP contribution is 2.24. The molecule has 1 aromatic rings. The summed E-state index contributed by atoms with van der Waals surface area (Å²) in [6, 6.07) is 2.05. The highest BCUT2D eigenvalue weighted by Gasteiger charge is 2.03. The van der Waals surface area contributed by atoms with E-state index < -0.39 is 11.6 Å². The second-order valence-corrected chi connectivity index (χ2v) is 2.09. The van der Waals surface area contributed by atoms with Crippen molar-refractivity contribution in [3.8, 4) is 11.5 Å². The monoisotopic (exact) mass is 142 g/mol. The van der Waals surface area contributed by atoms with Gasteiger partial charge in [0.1, 0.15) is 5.75 Å². The molecule has 0 radical (unpaired) electrons. The van der Waals surface area contributed by atoms with E-state index in [1.165, 1.54) is 0 Å². The minimum Gasteiger partial charge on any atom is -0.508 e. The molecular weight excluding hydrogens is 135 g/mol. The number of benzene rings is 1.